The van der Waals surface area contributed by atoms with Gasteiger partial charge in [0.1, 0.15) is 5.75 Å². The molecule has 0 aliphatic carbocycles. The predicted octanol–water partition coefficient (Wildman–Crippen LogP) is 4.01. The van der Waals surface area contributed by atoms with Crippen molar-refractivity contribution < 1.29 is 9.47 Å². The maximum atomic E-state index is 6.05. The molecule has 3 N–H and O–H groups in total. The summed E-state index contributed by atoms with van der Waals surface area (Å²) in [5, 5.41) is 3.19. The van der Waals surface area contributed by atoms with Crippen molar-refractivity contribution in [1.82, 2.24) is 5.32 Å². The minimum Gasteiger partial charge on any atom is -0.493 e. The molecule has 148 valence electrons. The van der Waals surface area contributed by atoms with Crippen molar-refractivity contribution >= 4 is 29.9 Å². The van der Waals surface area contributed by atoms with Crippen LogP contribution in [0.1, 0.15) is 50.2 Å². The van der Waals surface area contributed by atoms with Crippen molar-refractivity contribution in [3.63, 3.8) is 0 Å². The van der Waals surface area contributed by atoms with Crippen molar-refractivity contribution in [2.45, 2.75) is 52.5 Å². The number of hydrogen-bond donors (Lipinski definition) is 2. The van der Waals surface area contributed by atoms with Crippen LogP contribution in [0.4, 0.5) is 0 Å². The zero-order valence-electron chi connectivity index (χ0n) is 16.1. The molecule has 0 radical (unpaired) electrons. The highest BCUT2D eigenvalue weighted by atomic mass is 127. The molecule has 2 rings (SSSR count). The Labute approximate surface area is 175 Å². The fourth-order valence-electron chi connectivity index (χ4n) is 2.84. The van der Waals surface area contributed by atoms with E-state index >= 15 is 0 Å². The van der Waals surface area contributed by atoms with Crippen LogP contribution in [0.3, 0.4) is 0 Å². The van der Waals surface area contributed by atoms with E-state index in [0.717, 1.165) is 43.9 Å². The van der Waals surface area contributed by atoms with Gasteiger partial charge in [-0.05, 0) is 31.4 Å². The second kappa shape index (κ2) is 13.2. The first-order valence-corrected chi connectivity index (χ1v) is 9.53. The second-order valence-corrected chi connectivity index (χ2v) is 6.84. The maximum Gasteiger partial charge on any atom is 0.188 e. The van der Waals surface area contributed by atoms with E-state index in [-0.39, 0.29) is 24.0 Å². The number of aliphatic imine (C=N–C) groups is 1. The van der Waals surface area contributed by atoms with Crippen LogP contribution in [0, 0.1) is 12.8 Å². The van der Waals surface area contributed by atoms with E-state index in [1.807, 2.05) is 0 Å². The van der Waals surface area contributed by atoms with Gasteiger partial charge >= 0.3 is 0 Å². The maximum absolute atomic E-state index is 6.05. The van der Waals surface area contributed by atoms with Gasteiger partial charge in [0.05, 0.1) is 19.8 Å². The lowest BCUT2D eigenvalue weighted by atomic mass is 10.1. The SMILES string of the molecule is CCCCCCNC(N)=NCc1ccc(C)cc1OCC1CCOC1.I. The molecule has 1 saturated heterocycles. The average Bonchev–Trinajstić information content (AvgIpc) is 3.12. The molecule has 1 fully saturated rings. The number of guanidine groups is 1. The molecule has 1 atom stereocenters. The molecule has 1 aliphatic heterocycles. The number of nitrogens with one attached hydrogen (secondary N) is 1. The number of rotatable bonds is 10. The lowest BCUT2D eigenvalue weighted by Gasteiger charge is -2.14. The molecule has 1 aromatic carbocycles. The monoisotopic (exact) mass is 475 g/mol. The van der Waals surface area contributed by atoms with E-state index in [0.29, 0.717) is 25.0 Å². The lowest BCUT2D eigenvalue weighted by molar-refractivity contribution is 0.166. The zero-order chi connectivity index (χ0) is 17.9. The number of aryl methyl sites for hydroxylation is 1. The highest BCUT2D eigenvalue weighted by Crippen LogP contribution is 2.23. The van der Waals surface area contributed by atoms with Crippen LogP contribution in [0.5, 0.6) is 5.75 Å². The molecule has 26 heavy (non-hydrogen) atoms. The van der Waals surface area contributed by atoms with Crippen LogP contribution >= 0.6 is 24.0 Å². The van der Waals surface area contributed by atoms with E-state index < -0.39 is 0 Å². The third-order valence-electron chi connectivity index (χ3n) is 4.48. The third-order valence-corrected chi connectivity index (χ3v) is 4.48. The van der Waals surface area contributed by atoms with Gasteiger partial charge in [-0.15, -0.1) is 24.0 Å². The summed E-state index contributed by atoms with van der Waals surface area (Å²) in [5.74, 6) is 1.91. The molecule has 1 aromatic rings. The minimum atomic E-state index is 0. The van der Waals surface area contributed by atoms with Crippen LogP contribution in [0.15, 0.2) is 23.2 Å². The number of nitrogens with zero attached hydrogens (tertiary/aromatic N) is 1. The molecule has 0 aromatic heterocycles. The topological polar surface area (TPSA) is 68.9 Å². The van der Waals surface area contributed by atoms with E-state index in [9.17, 15) is 0 Å². The molecule has 0 saturated carbocycles. The van der Waals surface area contributed by atoms with Crippen LogP contribution < -0.4 is 15.8 Å². The molecular weight excluding hydrogens is 441 g/mol. The Bertz CT molecular complexity index is 546. The van der Waals surface area contributed by atoms with E-state index in [1.165, 1.54) is 24.8 Å². The highest BCUT2D eigenvalue weighted by Gasteiger charge is 2.17. The number of unbranched alkanes of at least 4 members (excludes halogenated alkanes) is 3. The number of nitrogens with two attached hydrogens (primary N) is 1. The van der Waals surface area contributed by atoms with Gasteiger partial charge in [0.15, 0.2) is 5.96 Å². The van der Waals surface area contributed by atoms with Gasteiger partial charge < -0.3 is 20.5 Å². The first-order chi connectivity index (χ1) is 12.2. The second-order valence-electron chi connectivity index (χ2n) is 6.84. The summed E-state index contributed by atoms with van der Waals surface area (Å²) in [7, 11) is 0. The van der Waals surface area contributed by atoms with Gasteiger partial charge in [-0.2, -0.15) is 0 Å². The number of halogens is 1. The zero-order valence-corrected chi connectivity index (χ0v) is 18.5. The summed E-state index contributed by atoms with van der Waals surface area (Å²) in [6.07, 6.45) is 5.96. The third kappa shape index (κ3) is 8.58. The van der Waals surface area contributed by atoms with Crippen LogP contribution in [0.25, 0.3) is 0 Å². The van der Waals surface area contributed by atoms with Crippen molar-refractivity contribution in [3.8, 4) is 5.75 Å². The van der Waals surface area contributed by atoms with Crippen molar-refractivity contribution in [2.24, 2.45) is 16.6 Å². The summed E-state index contributed by atoms with van der Waals surface area (Å²) in [4.78, 5) is 4.46. The Morgan fingerprint density at radius 2 is 2.19 bits per heavy atom. The molecule has 1 heterocycles. The summed E-state index contributed by atoms with van der Waals surface area (Å²) < 4.78 is 11.5. The van der Waals surface area contributed by atoms with E-state index in [2.05, 4.69) is 42.4 Å². The van der Waals surface area contributed by atoms with Crippen LogP contribution in [-0.4, -0.2) is 32.3 Å². The van der Waals surface area contributed by atoms with E-state index in [1.54, 1.807) is 0 Å². The minimum absolute atomic E-state index is 0. The quantitative estimate of drug-likeness (QED) is 0.232. The van der Waals surface area contributed by atoms with Gasteiger partial charge in [0.2, 0.25) is 0 Å². The number of hydrogen-bond acceptors (Lipinski definition) is 3. The Hall–Kier alpha value is -1.02. The van der Waals surface area contributed by atoms with Crippen molar-refractivity contribution in [3.05, 3.63) is 29.3 Å². The Balaban J connectivity index is 0.00000338. The standard InChI is InChI=1S/C20H33N3O2.HI/c1-3-4-5-6-10-22-20(21)23-13-18-8-7-16(2)12-19(18)25-15-17-9-11-24-14-17;/h7-8,12,17H,3-6,9-11,13-15H2,1-2H3,(H3,21,22,23);1H. The molecule has 0 bridgehead atoms. The van der Waals surface area contributed by atoms with Gasteiger partial charge in [0, 0.05) is 24.6 Å². The predicted molar refractivity (Wildman–Crippen MR) is 118 cm³/mol. The normalized spacial score (nSPS) is 17.0. The first-order valence-electron chi connectivity index (χ1n) is 9.53. The molecule has 6 heteroatoms. The van der Waals surface area contributed by atoms with Crippen LogP contribution in [-0.2, 0) is 11.3 Å². The molecule has 1 unspecified atom stereocenters. The summed E-state index contributed by atoms with van der Waals surface area (Å²) >= 11 is 0. The number of benzene rings is 1. The van der Waals surface area contributed by atoms with Crippen molar-refractivity contribution in [2.75, 3.05) is 26.4 Å². The average molecular weight is 475 g/mol. The molecular formula is C20H34IN3O2. The summed E-state index contributed by atoms with van der Waals surface area (Å²) in [5.41, 5.74) is 8.23. The Morgan fingerprint density at radius 1 is 1.35 bits per heavy atom. The Kier molecular flexibility index (Phi) is 11.7. The highest BCUT2D eigenvalue weighted by molar-refractivity contribution is 14.0. The molecule has 0 amide bonds. The van der Waals surface area contributed by atoms with E-state index in [4.69, 9.17) is 15.2 Å². The smallest absolute Gasteiger partial charge is 0.188 e. The lowest BCUT2D eigenvalue weighted by Crippen LogP contribution is -2.32. The Morgan fingerprint density at radius 3 is 2.92 bits per heavy atom. The fourth-order valence-corrected chi connectivity index (χ4v) is 2.84. The first kappa shape index (κ1) is 23.0. The van der Waals surface area contributed by atoms with Gasteiger partial charge in [-0.3, -0.25) is 0 Å². The summed E-state index contributed by atoms with van der Waals surface area (Å²) in [6.45, 7) is 8.05. The molecule has 1 aliphatic rings. The number of ether oxygens (including phenoxy) is 2. The van der Waals surface area contributed by atoms with Gasteiger partial charge in [-0.1, -0.05) is 38.3 Å². The molecule has 5 nitrogen and oxygen atoms in total. The largest absolute Gasteiger partial charge is 0.493 e. The van der Waals surface area contributed by atoms with Gasteiger partial charge in [0.25, 0.3) is 0 Å². The van der Waals surface area contributed by atoms with Gasteiger partial charge in [-0.25, -0.2) is 4.99 Å². The van der Waals surface area contributed by atoms with Crippen molar-refractivity contribution in [1.29, 1.82) is 0 Å². The fraction of sp³-hybridized carbons (Fsp3) is 0.650. The summed E-state index contributed by atoms with van der Waals surface area (Å²) in [6, 6.07) is 6.24. The van der Waals surface area contributed by atoms with Crippen LogP contribution in [0.2, 0.25) is 0 Å². The molecule has 0 spiro atoms.